The Bertz CT molecular complexity index is 2290. The Balaban J connectivity index is 1.07. The fraction of sp³-hybridized carbons (Fsp3) is 0.510. The van der Waals surface area contributed by atoms with Gasteiger partial charge in [-0.25, -0.2) is 9.59 Å². The molecule has 0 spiro atoms. The van der Waals surface area contributed by atoms with Gasteiger partial charge in [-0.15, -0.1) is 0 Å². The molecular weight excluding hydrogens is 957 g/mol. The van der Waals surface area contributed by atoms with E-state index in [1.165, 1.54) is 36.4 Å². The molecule has 4 heterocycles. The Hall–Kier alpha value is -5.80. The topological polar surface area (TPSA) is 343 Å². The van der Waals surface area contributed by atoms with Crippen molar-refractivity contribution < 1.29 is 113 Å². The number of esters is 4. The zero-order valence-corrected chi connectivity index (χ0v) is 39.4. The average molecular weight is 1020 g/mol. The van der Waals surface area contributed by atoms with E-state index in [2.05, 4.69) is 0 Å². The maximum absolute atomic E-state index is 13.7. The molecule has 72 heavy (non-hydrogen) atoms. The first-order valence-electron chi connectivity index (χ1n) is 23.0. The summed E-state index contributed by atoms with van der Waals surface area (Å²) in [7, 11) is 1.14. The van der Waals surface area contributed by atoms with Gasteiger partial charge in [0.2, 0.25) is 12.6 Å². The Morgan fingerprint density at radius 3 is 1.49 bits per heavy atom. The average Bonchev–Trinajstić information content (AvgIpc) is 3.37. The fourth-order valence-electron chi connectivity index (χ4n) is 8.31. The van der Waals surface area contributed by atoms with E-state index in [9.17, 15) is 65.1 Å². The molecule has 2 fully saturated rings. The van der Waals surface area contributed by atoms with Crippen LogP contribution in [-0.4, -0.2) is 177 Å². The van der Waals surface area contributed by atoms with Crippen LogP contribution in [0.5, 0.6) is 11.5 Å². The largest absolute Gasteiger partial charge is 0.508 e. The molecule has 4 aliphatic rings. The summed E-state index contributed by atoms with van der Waals surface area (Å²) in [5, 5.41) is 91.0. The first kappa shape index (κ1) is 55.5. The van der Waals surface area contributed by atoms with Crippen molar-refractivity contribution in [3.8, 4) is 11.5 Å². The smallest absolute Gasteiger partial charge is 0.337 e. The van der Waals surface area contributed by atoms with E-state index in [4.69, 9.17) is 47.4 Å². The Kier molecular flexibility index (Phi) is 19.8. The number of hydrogen-bond donors (Lipinski definition) is 9. The summed E-state index contributed by atoms with van der Waals surface area (Å²) < 4.78 is 55.6. The van der Waals surface area contributed by atoms with Crippen LogP contribution in [0.1, 0.15) is 37.8 Å². The summed E-state index contributed by atoms with van der Waals surface area (Å²) in [6, 6.07) is 12.6. The number of benzene rings is 2. The molecule has 0 radical (unpaired) electrons. The van der Waals surface area contributed by atoms with Gasteiger partial charge in [-0.1, -0.05) is 36.4 Å². The quantitative estimate of drug-likeness (QED) is 0.0366. The third kappa shape index (κ3) is 13.4. The molecule has 4 aliphatic heterocycles. The molecule has 0 saturated carbocycles. The number of aliphatic hydroxyl groups is 8. The summed E-state index contributed by atoms with van der Waals surface area (Å²) >= 11 is 0. The number of phenols is 1. The van der Waals surface area contributed by atoms with Crippen molar-refractivity contribution in [1.29, 1.82) is 0 Å². The van der Waals surface area contributed by atoms with E-state index in [-0.39, 0.29) is 53.4 Å². The second kappa shape index (κ2) is 25.7. The van der Waals surface area contributed by atoms with Crippen molar-refractivity contribution in [3.05, 3.63) is 107 Å². The van der Waals surface area contributed by atoms with Gasteiger partial charge in [-0.05, 0) is 49.2 Å². The second-order valence-corrected chi connectivity index (χ2v) is 17.0. The van der Waals surface area contributed by atoms with Crippen molar-refractivity contribution >= 4 is 23.9 Å². The fourth-order valence-corrected chi connectivity index (χ4v) is 8.31. The molecule has 0 amide bonds. The molecular formula is C49H60O23. The van der Waals surface area contributed by atoms with Crippen molar-refractivity contribution in [2.45, 2.75) is 114 Å². The highest BCUT2D eigenvalue weighted by atomic mass is 16.8. The van der Waals surface area contributed by atoms with Gasteiger partial charge in [-0.2, -0.15) is 0 Å². The van der Waals surface area contributed by atoms with E-state index in [1.807, 2.05) is 0 Å². The second-order valence-electron chi connectivity index (χ2n) is 17.0. The van der Waals surface area contributed by atoms with Crippen LogP contribution in [0.3, 0.4) is 0 Å². The lowest BCUT2D eigenvalue weighted by Gasteiger charge is -2.42. The molecule has 2 aromatic rings. The lowest BCUT2D eigenvalue weighted by Crippen LogP contribution is -2.60. The SMILES string of the molecule is C/C=C1\[C@H](O[C@H]2O[C@@H](CO)[C@@H](O)[C@H](O)[C@H]2O)OC=C(C(=O)OC)[C@H]1CC(=O)Oc1ccc(CCOC(=O)C2=CO[C@@H](O[C@H]3O[C@@H](CO)[C@@H](O)[C@H](O)[C@H]3O)/C(=C/C)[C@@H]2CC(=O)OCCc2ccc(O)cc2)cc1. The summed E-state index contributed by atoms with van der Waals surface area (Å²) in [5.74, 6) is -5.05. The molecule has 0 aromatic heterocycles. The van der Waals surface area contributed by atoms with E-state index < -0.39 is 136 Å². The molecule has 2 saturated heterocycles. The zero-order valence-electron chi connectivity index (χ0n) is 39.4. The molecule has 0 bridgehead atoms. The predicted octanol–water partition coefficient (Wildman–Crippen LogP) is -0.639. The number of carbonyl (C=O) groups excluding carboxylic acids is 4. The summed E-state index contributed by atoms with van der Waals surface area (Å²) in [5.41, 5.74) is 1.74. The monoisotopic (exact) mass is 1020 g/mol. The predicted molar refractivity (Wildman–Crippen MR) is 241 cm³/mol. The third-order valence-electron chi connectivity index (χ3n) is 12.4. The van der Waals surface area contributed by atoms with Crippen molar-refractivity contribution in [2.75, 3.05) is 33.5 Å². The maximum atomic E-state index is 13.7. The number of methoxy groups -OCH3 is 1. The molecule has 0 unspecified atom stereocenters. The Labute approximate surface area is 412 Å². The van der Waals surface area contributed by atoms with Crippen LogP contribution in [0.2, 0.25) is 0 Å². The highest BCUT2D eigenvalue weighted by Crippen LogP contribution is 2.38. The minimum atomic E-state index is -1.78. The number of rotatable bonds is 19. The lowest BCUT2D eigenvalue weighted by molar-refractivity contribution is -0.327. The molecule has 23 heteroatoms. The van der Waals surface area contributed by atoms with Gasteiger partial charge in [0.1, 0.15) is 60.3 Å². The molecule has 14 atom stereocenters. The summed E-state index contributed by atoms with van der Waals surface area (Å²) in [6.45, 7) is 1.55. The van der Waals surface area contributed by atoms with Crippen LogP contribution in [0, 0.1) is 11.8 Å². The van der Waals surface area contributed by atoms with Crippen LogP contribution in [0.25, 0.3) is 0 Å². The highest BCUT2D eigenvalue weighted by Gasteiger charge is 2.49. The molecule has 394 valence electrons. The van der Waals surface area contributed by atoms with Gasteiger partial charge in [0.05, 0.1) is 70.0 Å². The summed E-state index contributed by atoms with van der Waals surface area (Å²) in [4.78, 5) is 53.2. The number of allylic oxidation sites excluding steroid dienone is 2. The first-order chi connectivity index (χ1) is 34.5. The standard InChI is InChI=1S/C49H60O23/c1-4-28-30(18-36(53)64-16-14-24-6-10-26(52)11-7-24)33(23-67-46(28)71-48-42(59)40(57)38(55)34(20-50)69-48)45(62)65-17-15-25-8-12-27(13-9-25)68-37(54)19-31-29(5-2)47(66-22-32(31)44(61)63-3)72-49-43(60)41(58)39(56)35(21-51)70-49/h4-13,22-23,30-31,34-35,38-43,46-52,55-60H,14-21H2,1-3H3/b28-4+,29-5-/t30-,31-,34-,35-,38+,39+,40-,41-,42+,43+,46-,47-,48+,49+/m0/s1. The van der Waals surface area contributed by atoms with Gasteiger partial charge in [0.15, 0.2) is 12.6 Å². The zero-order chi connectivity index (χ0) is 52.2. The van der Waals surface area contributed by atoms with E-state index in [0.29, 0.717) is 12.0 Å². The minimum absolute atomic E-state index is 0.0297. The van der Waals surface area contributed by atoms with Crippen LogP contribution in [-0.2, 0) is 74.7 Å². The van der Waals surface area contributed by atoms with Gasteiger partial charge in [0.25, 0.3) is 0 Å². The number of ether oxygens (including phenoxy) is 10. The van der Waals surface area contributed by atoms with Gasteiger partial charge < -0.3 is 93.3 Å². The van der Waals surface area contributed by atoms with Crippen LogP contribution >= 0.6 is 0 Å². The van der Waals surface area contributed by atoms with Crippen molar-refractivity contribution in [2.24, 2.45) is 11.8 Å². The van der Waals surface area contributed by atoms with Gasteiger partial charge in [0, 0.05) is 35.8 Å². The Morgan fingerprint density at radius 1 is 0.583 bits per heavy atom. The van der Waals surface area contributed by atoms with Crippen molar-refractivity contribution in [1.82, 2.24) is 0 Å². The lowest BCUT2D eigenvalue weighted by atomic mass is 9.86. The van der Waals surface area contributed by atoms with E-state index in [1.54, 1.807) is 38.1 Å². The van der Waals surface area contributed by atoms with E-state index in [0.717, 1.165) is 25.2 Å². The van der Waals surface area contributed by atoms with Crippen LogP contribution in [0.15, 0.2) is 95.5 Å². The van der Waals surface area contributed by atoms with Gasteiger partial charge >= 0.3 is 23.9 Å². The highest BCUT2D eigenvalue weighted by molar-refractivity contribution is 5.91. The number of aliphatic hydroxyl groups excluding tert-OH is 8. The molecule has 0 aliphatic carbocycles. The normalized spacial score (nSPS) is 31.6. The van der Waals surface area contributed by atoms with Crippen LogP contribution < -0.4 is 4.74 Å². The third-order valence-corrected chi connectivity index (χ3v) is 12.4. The molecule has 23 nitrogen and oxygen atoms in total. The molecule has 6 rings (SSSR count). The number of hydrogen-bond acceptors (Lipinski definition) is 23. The van der Waals surface area contributed by atoms with Gasteiger partial charge in [-0.3, -0.25) is 9.59 Å². The number of phenolic OH excluding ortho intramolecular Hbond substituents is 1. The number of aromatic hydroxyl groups is 1. The first-order valence-corrected chi connectivity index (χ1v) is 23.0. The molecule has 2 aromatic carbocycles. The minimum Gasteiger partial charge on any atom is -0.508 e. The molecule has 9 N–H and O–H groups in total. The van der Waals surface area contributed by atoms with Crippen molar-refractivity contribution in [3.63, 3.8) is 0 Å². The maximum Gasteiger partial charge on any atom is 0.337 e. The Morgan fingerprint density at radius 2 is 1.03 bits per heavy atom. The van der Waals surface area contributed by atoms with Crippen LogP contribution in [0.4, 0.5) is 0 Å². The summed E-state index contributed by atoms with van der Waals surface area (Å²) in [6.07, 6.45) is -14.1. The number of carbonyl (C=O) groups is 4. The van der Waals surface area contributed by atoms with E-state index >= 15 is 0 Å².